The molecule has 2 aromatic rings. The van der Waals surface area contributed by atoms with E-state index in [2.05, 4.69) is 27.5 Å². The number of carbonyl (C=O) groups excluding carboxylic acids is 2. The van der Waals surface area contributed by atoms with Gasteiger partial charge < -0.3 is 15.5 Å². The number of nitrogens with zero attached hydrogens (tertiary/aromatic N) is 3. The minimum absolute atomic E-state index is 0.0122. The predicted octanol–water partition coefficient (Wildman–Crippen LogP) is 1.95. The molecule has 0 unspecified atom stereocenters. The second-order valence-electron chi connectivity index (χ2n) is 7.70. The third kappa shape index (κ3) is 5.87. The third-order valence-corrected chi connectivity index (χ3v) is 5.45. The molecule has 0 aromatic heterocycles. The Balaban J connectivity index is 1.67. The smallest absolute Gasteiger partial charge is 0.313 e. The molecule has 1 fully saturated rings. The maximum Gasteiger partial charge on any atom is 0.313 e. The van der Waals surface area contributed by atoms with Crippen molar-refractivity contribution >= 4 is 23.2 Å². The van der Waals surface area contributed by atoms with Crippen LogP contribution in [-0.4, -0.2) is 66.3 Å². The summed E-state index contributed by atoms with van der Waals surface area (Å²) in [4.78, 5) is 39.8. The number of para-hydroxylation sites is 2. The second-order valence-corrected chi connectivity index (χ2v) is 7.70. The van der Waals surface area contributed by atoms with Crippen LogP contribution in [0.1, 0.15) is 17.2 Å². The highest BCUT2D eigenvalue weighted by Crippen LogP contribution is 2.24. The predicted molar refractivity (Wildman–Crippen MR) is 118 cm³/mol. The number of rotatable bonds is 6. The van der Waals surface area contributed by atoms with Crippen molar-refractivity contribution in [3.8, 4) is 0 Å². The summed E-state index contributed by atoms with van der Waals surface area (Å²) < 4.78 is 0. The van der Waals surface area contributed by atoms with Crippen LogP contribution in [0.15, 0.2) is 48.5 Å². The first-order valence-electron chi connectivity index (χ1n) is 10.2. The van der Waals surface area contributed by atoms with E-state index in [1.807, 2.05) is 31.2 Å². The fourth-order valence-electron chi connectivity index (χ4n) is 3.57. The van der Waals surface area contributed by atoms with E-state index < -0.39 is 16.7 Å². The lowest BCUT2D eigenvalue weighted by molar-refractivity contribution is -0.383. The highest BCUT2D eigenvalue weighted by atomic mass is 16.6. The molecule has 0 radical (unpaired) electrons. The van der Waals surface area contributed by atoms with Crippen LogP contribution in [0.4, 0.5) is 11.4 Å². The highest BCUT2D eigenvalue weighted by molar-refractivity contribution is 6.39. The van der Waals surface area contributed by atoms with Gasteiger partial charge in [-0.15, -0.1) is 0 Å². The summed E-state index contributed by atoms with van der Waals surface area (Å²) in [6, 6.07) is 13.8. The van der Waals surface area contributed by atoms with E-state index in [1.54, 1.807) is 6.07 Å². The zero-order chi connectivity index (χ0) is 22.4. The number of nitrogens with one attached hydrogen (secondary N) is 2. The van der Waals surface area contributed by atoms with E-state index in [4.69, 9.17) is 0 Å². The molecule has 9 nitrogen and oxygen atoms in total. The average Bonchev–Trinajstić information content (AvgIpc) is 2.76. The molecule has 1 saturated heterocycles. The van der Waals surface area contributed by atoms with Crippen LogP contribution in [0.3, 0.4) is 0 Å². The number of nitro groups is 1. The van der Waals surface area contributed by atoms with Crippen molar-refractivity contribution in [2.45, 2.75) is 13.0 Å². The Morgan fingerprint density at radius 3 is 2.32 bits per heavy atom. The van der Waals surface area contributed by atoms with Gasteiger partial charge in [0.05, 0.1) is 11.0 Å². The number of anilines is 1. The molecular formula is C22H27N5O4. The summed E-state index contributed by atoms with van der Waals surface area (Å²) in [6.45, 7) is 5.84. The molecular weight excluding hydrogens is 398 g/mol. The quantitative estimate of drug-likeness (QED) is 0.416. The molecule has 1 atom stereocenters. The van der Waals surface area contributed by atoms with Gasteiger partial charge in [0.1, 0.15) is 5.69 Å². The van der Waals surface area contributed by atoms with Crippen molar-refractivity contribution in [3.63, 3.8) is 0 Å². The van der Waals surface area contributed by atoms with Crippen LogP contribution in [0, 0.1) is 17.0 Å². The highest BCUT2D eigenvalue weighted by Gasteiger charge is 2.26. The largest absolute Gasteiger partial charge is 0.346 e. The van der Waals surface area contributed by atoms with Gasteiger partial charge in [-0.2, -0.15) is 0 Å². The van der Waals surface area contributed by atoms with Gasteiger partial charge in [0.15, 0.2) is 0 Å². The van der Waals surface area contributed by atoms with E-state index in [1.165, 1.54) is 18.2 Å². The standard InChI is InChI=1S/C22H27N5O4/c1-16-7-9-17(10-8-16)20(26-13-11-25(2)12-14-26)15-23-21(28)22(29)24-18-5-3-4-6-19(18)27(30)31/h3-10,20H,11-15H2,1-2H3,(H,23,28)(H,24,29)/t20-/m1/s1. The van der Waals surface area contributed by atoms with Gasteiger partial charge in [0.25, 0.3) is 5.69 Å². The van der Waals surface area contributed by atoms with E-state index >= 15 is 0 Å². The summed E-state index contributed by atoms with van der Waals surface area (Å²) >= 11 is 0. The van der Waals surface area contributed by atoms with Crippen LogP contribution < -0.4 is 10.6 Å². The maximum absolute atomic E-state index is 12.4. The zero-order valence-electron chi connectivity index (χ0n) is 17.7. The third-order valence-electron chi connectivity index (χ3n) is 5.45. The lowest BCUT2D eigenvalue weighted by atomic mass is 10.0. The Kier molecular flexibility index (Phi) is 7.32. The summed E-state index contributed by atoms with van der Waals surface area (Å²) in [5.41, 5.74) is 1.93. The molecule has 0 spiro atoms. The molecule has 2 N–H and O–H groups in total. The van der Waals surface area contributed by atoms with Crippen LogP contribution in [-0.2, 0) is 9.59 Å². The first-order chi connectivity index (χ1) is 14.8. The molecule has 0 bridgehead atoms. The molecule has 31 heavy (non-hydrogen) atoms. The van der Waals surface area contributed by atoms with Gasteiger partial charge >= 0.3 is 11.8 Å². The van der Waals surface area contributed by atoms with Crippen molar-refractivity contribution in [3.05, 3.63) is 69.8 Å². The number of nitro benzene ring substituents is 1. The van der Waals surface area contributed by atoms with Crippen molar-refractivity contribution in [1.29, 1.82) is 0 Å². The number of hydrogen-bond donors (Lipinski definition) is 2. The SMILES string of the molecule is Cc1ccc([C@@H](CNC(=O)C(=O)Nc2ccccc2[N+](=O)[O-])N2CCN(C)CC2)cc1. The van der Waals surface area contributed by atoms with Gasteiger partial charge in [-0.1, -0.05) is 42.0 Å². The number of amides is 2. The first kappa shape index (κ1) is 22.4. The molecule has 2 amide bonds. The Morgan fingerprint density at radius 1 is 1.03 bits per heavy atom. The van der Waals surface area contributed by atoms with Crippen molar-refractivity contribution < 1.29 is 14.5 Å². The van der Waals surface area contributed by atoms with Crippen molar-refractivity contribution in [2.24, 2.45) is 0 Å². The van der Waals surface area contributed by atoms with E-state index in [9.17, 15) is 19.7 Å². The number of carbonyl (C=O) groups is 2. The maximum atomic E-state index is 12.4. The van der Waals surface area contributed by atoms with Gasteiger partial charge in [0.2, 0.25) is 0 Å². The molecule has 0 saturated carbocycles. The molecule has 1 heterocycles. The number of hydrogen-bond acceptors (Lipinski definition) is 6. The Bertz CT molecular complexity index is 939. The van der Waals surface area contributed by atoms with Gasteiger partial charge in [-0.25, -0.2) is 0 Å². The molecule has 2 aromatic carbocycles. The van der Waals surface area contributed by atoms with Gasteiger partial charge in [0, 0.05) is 38.8 Å². The summed E-state index contributed by atoms with van der Waals surface area (Å²) in [6.07, 6.45) is 0. The first-order valence-corrected chi connectivity index (χ1v) is 10.2. The topological polar surface area (TPSA) is 108 Å². The summed E-state index contributed by atoms with van der Waals surface area (Å²) in [7, 11) is 2.08. The Labute approximate surface area is 181 Å². The van der Waals surface area contributed by atoms with Crippen LogP contribution in [0.2, 0.25) is 0 Å². The Morgan fingerprint density at radius 2 is 1.68 bits per heavy atom. The fraction of sp³-hybridized carbons (Fsp3) is 0.364. The molecule has 9 heteroatoms. The molecule has 0 aliphatic carbocycles. The van der Waals surface area contributed by atoms with Crippen LogP contribution in [0.25, 0.3) is 0 Å². The van der Waals surface area contributed by atoms with E-state index in [0.29, 0.717) is 0 Å². The van der Waals surface area contributed by atoms with Gasteiger partial charge in [-0.3, -0.25) is 24.6 Å². The fourth-order valence-corrected chi connectivity index (χ4v) is 3.57. The average molecular weight is 425 g/mol. The van der Waals surface area contributed by atoms with Gasteiger partial charge in [-0.05, 0) is 25.6 Å². The molecule has 1 aliphatic rings. The molecule has 164 valence electrons. The monoisotopic (exact) mass is 425 g/mol. The second kappa shape index (κ2) is 10.1. The normalized spacial score (nSPS) is 15.8. The lowest BCUT2D eigenvalue weighted by Gasteiger charge is -2.38. The van der Waals surface area contributed by atoms with Crippen LogP contribution in [0.5, 0.6) is 0 Å². The van der Waals surface area contributed by atoms with Crippen molar-refractivity contribution in [1.82, 2.24) is 15.1 Å². The van der Waals surface area contributed by atoms with Crippen molar-refractivity contribution in [2.75, 3.05) is 45.1 Å². The number of likely N-dealkylation sites (N-methyl/N-ethyl adjacent to an activating group) is 1. The summed E-state index contributed by atoms with van der Waals surface area (Å²) in [5, 5.41) is 16.1. The number of aryl methyl sites for hydroxylation is 1. The van der Waals surface area contributed by atoms with E-state index in [-0.39, 0.29) is 24.0 Å². The Hall–Kier alpha value is -3.30. The summed E-state index contributed by atoms with van der Waals surface area (Å²) in [5.74, 6) is -1.76. The minimum atomic E-state index is -0.935. The number of benzene rings is 2. The zero-order valence-corrected chi connectivity index (χ0v) is 17.7. The minimum Gasteiger partial charge on any atom is -0.346 e. The lowest BCUT2D eigenvalue weighted by Crippen LogP contribution is -2.49. The number of piperazine rings is 1. The van der Waals surface area contributed by atoms with E-state index in [0.717, 1.165) is 37.3 Å². The van der Waals surface area contributed by atoms with Crippen LogP contribution >= 0.6 is 0 Å². The molecule has 1 aliphatic heterocycles. The molecule has 3 rings (SSSR count).